The number of aromatic amines is 1. The molecule has 0 radical (unpaired) electrons. The molecule has 17 heteroatoms. The molecule has 1 fully saturated rings. The van der Waals surface area contributed by atoms with Gasteiger partial charge in [-0.05, 0) is 53.5 Å². The number of H-pyrrole nitrogens is 1. The summed E-state index contributed by atoms with van der Waals surface area (Å²) < 4.78 is 37.9. The Bertz CT molecular complexity index is 1380. The van der Waals surface area contributed by atoms with Crippen molar-refractivity contribution < 1.29 is 27.9 Å². The molecule has 3 rings (SSSR count). The lowest BCUT2D eigenvalue weighted by Gasteiger charge is -2.25. The highest BCUT2D eigenvalue weighted by Crippen LogP contribution is 2.48. The minimum atomic E-state index is -4.25. The summed E-state index contributed by atoms with van der Waals surface area (Å²) in [6.07, 6.45) is -0.421. The Kier molecular flexibility index (Phi) is 9.75. The fraction of sp³-hybridized carbons (Fsp3) is 0.450. The minimum Gasteiger partial charge on any atom is -0.468 e. The molecule has 0 aliphatic carbocycles. The number of carbonyl (C=O) groups excluding carboxylic acids is 1. The first-order chi connectivity index (χ1) is 17.5. The van der Waals surface area contributed by atoms with Crippen molar-refractivity contribution in [1.29, 1.82) is 0 Å². The summed E-state index contributed by atoms with van der Waals surface area (Å²) in [6.45, 7) is 2.54. The third-order valence-corrected chi connectivity index (χ3v) is 8.03. The summed E-state index contributed by atoms with van der Waals surface area (Å²) in [5, 5.41) is 6.23. The van der Waals surface area contributed by atoms with Gasteiger partial charge in [-0.3, -0.25) is 23.7 Å². The number of methoxy groups -OCH3 is 1. The zero-order valence-electron chi connectivity index (χ0n) is 19.8. The van der Waals surface area contributed by atoms with E-state index in [1.54, 1.807) is 12.1 Å². The Morgan fingerprint density at radius 1 is 1.43 bits per heavy atom. The van der Waals surface area contributed by atoms with Crippen molar-refractivity contribution in [2.75, 3.05) is 13.7 Å². The maximum absolute atomic E-state index is 13.7. The minimum absolute atomic E-state index is 0.0822. The van der Waals surface area contributed by atoms with Crippen LogP contribution in [0.25, 0.3) is 10.4 Å². The van der Waals surface area contributed by atoms with Gasteiger partial charge in [0.05, 0.1) is 30.3 Å². The number of rotatable bonds is 10. The van der Waals surface area contributed by atoms with E-state index in [2.05, 4.69) is 56.7 Å². The van der Waals surface area contributed by atoms with Gasteiger partial charge < -0.3 is 14.0 Å². The van der Waals surface area contributed by atoms with Crippen LogP contribution in [0.4, 0.5) is 0 Å². The first-order valence-electron chi connectivity index (χ1n) is 10.7. The summed E-state index contributed by atoms with van der Waals surface area (Å²) in [7, 11) is -3.07. The standard InChI is InChI=1S/C20H23Br2N6O8P/c1-10-8-28(20(31)24-18(10)29)17-7-14(25-27-23)16(35-17)9-34-37(32,26-11(2)19(30)33-3)36-15-5-4-12(21)6-13(15)22/h4-6,8,11,14,16-17H,7,9H2,1-3H3,(H,26,32)(H,24,29,31)/t11-,14-,16+,17+,37?/m0/s1. The van der Waals surface area contributed by atoms with Crippen molar-refractivity contribution in [3.63, 3.8) is 0 Å². The molecule has 1 aliphatic rings. The van der Waals surface area contributed by atoms with Crippen LogP contribution in [0.1, 0.15) is 25.1 Å². The molecular weight excluding hydrogens is 643 g/mol. The number of hydrogen-bond acceptors (Lipinski definition) is 9. The maximum atomic E-state index is 13.7. The van der Waals surface area contributed by atoms with Crippen LogP contribution in [0.15, 0.2) is 48.0 Å². The van der Waals surface area contributed by atoms with Gasteiger partial charge >= 0.3 is 19.4 Å². The summed E-state index contributed by atoms with van der Waals surface area (Å²) in [4.78, 5) is 41.0. The molecule has 0 saturated carbocycles. The van der Waals surface area contributed by atoms with Gasteiger partial charge in [0.1, 0.15) is 18.0 Å². The molecule has 5 atom stereocenters. The number of aromatic nitrogens is 2. The van der Waals surface area contributed by atoms with E-state index in [-0.39, 0.29) is 17.7 Å². The van der Waals surface area contributed by atoms with Crippen LogP contribution in [-0.2, 0) is 23.4 Å². The average molecular weight is 666 g/mol. The molecule has 1 unspecified atom stereocenters. The zero-order valence-corrected chi connectivity index (χ0v) is 23.9. The fourth-order valence-electron chi connectivity index (χ4n) is 3.43. The fourth-order valence-corrected chi connectivity index (χ4v) is 6.20. The Balaban J connectivity index is 1.85. The van der Waals surface area contributed by atoms with Crippen LogP contribution in [0.5, 0.6) is 5.75 Å². The molecular formula is C20H23Br2N6O8P. The molecule has 1 saturated heterocycles. The molecule has 1 aromatic heterocycles. The van der Waals surface area contributed by atoms with Crippen LogP contribution in [0.2, 0.25) is 0 Å². The number of esters is 1. The van der Waals surface area contributed by atoms with Crippen molar-refractivity contribution in [3.05, 3.63) is 70.2 Å². The van der Waals surface area contributed by atoms with E-state index in [1.165, 1.54) is 37.8 Å². The number of ether oxygens (including phenoxy) is 2. The van der Waals surface area contributed by atoms with E-state index < -0.39 is 56.0 Å². The molecule has 2 aromatic rings. The lowest BCUT2D eigenvalue weighted by molar-refractivity contribution is -0.142. The van der Waals surface area contributed by atoms with Gasteiger partial charge in [-0.1, -0.05) is 21.0 Å². The molecule has 0 bridgehead atoms. The third-order valence-electron chi connectivity index (χ3n) is 5.29. The largest absolute Gasteiger partial charge is 0.468 e. The first-order valence-corrected chi connectivity index (χ1v) is 13.9. The molecule has 2 N–H and O–H groups in total. The van der Waals surface area contributed by atoms with E-state index in [1.807, 2.05) is 0 Å². The van der Waals surface area contributed by atoms with Crippen molar-refractivity contribution in [3.8, 4) is 5.75 Å². The van der Waals surface area contributed by atoms with Crippen LogP contribution < -0.4 is 20.9 Å². The molecule has 1 aliphatic heterocycles. The Hall–Kier alpha value is -2.45. The SMILES string of the molecule is COC(=O)[C@H](C)NP(=O)(OC[C@H]1O[C@@H](n2cc(C)c(=O)[nH]c2=O)C[C@@H]1N=[N+]=[N-])Oc1ccc(Br)cc1Br. The number of halogens is 2. The predicted molar refractivity (Wildman–Crippen MR) is 138 cm³/mol. The van der Waals surface area contributed by atoms with Crippen molar-refractivity contribution in [2.24, 2.45) is 5.11 Å². The molecule has 1 aromatic carbocycles. The van der Waals surface area contributed by atoms with Gasteiger partial charge in [-0.15, -0.1) is 0 Å². The molecule has 0 amide bonds. The van der Waals surface area contributed by atoms with E-state index >= 15 is 0 Å². The van der Waals surface area contributed by atoms with Gasteiger partial charge in [-0.2, -0.15) is 5.09 Å². The Labute approximate surface area is 227 Å². The van der Waals surface area contributed by atoms with E-state index in [9.17, 15) is 18.9 Å². The lowest BCUT2D eigenvalue weighted by Crippen LogP contribution is -2.36. The molecule has 2 heterocycles. The summed E-state index contributed by atoms with van der Waals surface area (Å²) in [5.74, 6) is -0.553. The predicted octanol–water partition coefficient (Wildman–Crippen LogP) is 3.69. The highest BCUT2D eigenvalue weighted by molar-refractivity contribution is 9.11. The number of nitrogens with one attached hydrogen (secondary N) is 2. The van der Waals surface area contributed by atoms with E-state index in [0.29, 0.717) is 4.47 Å². The van der Waals surface area contributed by atoms with Gasteiger partial charge in [0, 0.05) is 27.6 Å². The summed E-state index contributed by atoms with van der Waals surface area (Å²) >= 11 is 6.64. The van der Waals surface area contributed by atoms with Crippen molar-refractivity contribution >= 4 is 45.6 Å². The van der Waals surface area contributed by atoms with E-state index in [0.717, 1.165) is 4.47 Å². The number of nitrogens with zero attached hydrogens (tertiary/aromatic N) is 4. The second-order valence-electron chi connectivity index (χ2n) is 7.95. The van der Waals surface area contributed by atoms with Crippen LogP contribution >= 0.6 is 39.6 Å². The second kappa shape index (κ2) is 12.4. The quantitative estimate of drug-likeness (QED) is 0.125. The normalized spacial score (nSPS) is 21.5. The molecule has 14 nitrogen and oxygen atoms in total. The maximum Gasteiger partial charge on any atom is 0.459 e. The number of hydrogen-bond donors (Lipinski definition) is 2. The van der Waals surface area contributed by atoms with Crippen molar-refractivity contribution in [1.82, 2.24) is 14.6 Å². The van der Waals surface area contributed by atoms with Crippen LogP contribution in [0.3, 0.4) is 0 Å². The first kappa shape index (κ1) is 29.1. The number of carbonyl (C=O) groups is 1. The number of benzene rings is 1. The van der Waals surface area contributed by atoms with Gasteiger partial charge in [0.15, 0.2) is 0 Å². The third kappa shape index (κ3) is 7.32. The zero-order chi connectivity index (χ0) is 27.3. The molecule has 37 heavy (non-hydrogen) atoms. The van der Waals surface area contributed by atoms with Gasteiger partial charge in [0.2, 0.25) is 0 Å². The average Bonchev–Trinajstić information content (AvgIpc) is 3.24. The lowest BCUT2D eigenvalue weighted by atomic mass is 10.1. The molecule has 200 valence electrons. The summed E-state index contributed by atoms with van der Waals surface area (Å²) in [6, 6.07) is 2.97. The molecule has 0 spiro atoms. The topological polar surface area (TPSA) is 187 Å². The highest BCUT2D eigenvalue weighted by Gasteiger charge is 2.40. The highest BCUT2D eigenvalue weighted by atomic mass is 79.9. The number of azide groups is 1. The monoisotopic (exact) mass is 664 g/mol. The van der Waals surface area contributed by atoms with Gasteiger partial charge in [0.25, 0.3) is 5.56 Å². The van der Waals surface area contributed by atoms with E-state index in [4.69, 9.17) is 19.3 Å². The Morgan fingerprint density at radius 3 is 2.81 bits per heavy atom. The summed E-state index contributed by atoms with van der Waals surface area (Å²) in [5.41, 5.74) is 8.06. The smallest absolute Gasteiger partial charge is 0.459 e. The van der Waals surface area contributed by atoms with Crippen LogP contribution in [0, 0.1) is 6.92 Å². The van der Waals surface area contributed by atoms with Crippen molar-refractivity contribution in [2.45, 2.75) is 44.7 Å². The van der Waals surface area contributed by atoms with Crippen LogP contribution in [-0.4, -0.2) is 47.4 Å². The second-order valence-corrected chi connectivity index (χ2v) is 11.4. The number of aryl methyl sites for hydroxylation is 1. The Morgan fingerprint density at radius 2 is 2.16 bits per heavy atom. The van der Waals surface area contributed by atoms with Gasteiger partial charge in [-0.25, -0.2) is 9.36 Å².